The third-order valence-corrected chi connectivity index (χ3v) is 3.89. The van der Waals surface area contributed by atoms with Crippen LogP contribution in [-0.4, -0.2) is 43.1 Å². The highest BCUT2D eigenvalue weighted by atomic mass is 32.2. The van der Waals surface area contributed by atoms with Crippen molar-refractivity contribution >= 4 is 15.8 Å². The molecule has 0 aliphatic heterocycles. The number of rotatable bonds is 7. The summed E-state index contributed by atoms with van der Waals surface area (Å²) in [4.78, 5) is 10.7. The van der Waals surface area contributed by atoms with Crippen molar-refractivity contribution in [3.63, 3.8) is 0 Å². The van der Waals surface area contributed by atoms with Crippen LogP contribution in [0.2, 0.25) is 0 Å². The van der Waals surface area contributed by atoms with Gasteiger partial charge in [-0.15, -0.1) is 0 Å². The van der Waals surface area contributed by atoms with Gasteiger partial charge in [-0.2, -0.15) is 0 Å². The number of aliphatic carboxylic acids is 1. The Morgan fingerprint density at radius 2 is 1.87 bits per heavy atom. The van der Waals surface area contributed by atoms with Gasteiger partial charge in [0.05, 0.1) is 5.75 Å². The van der Waals surface area contributed by atoms with Crippen LogP contribution in [0, 0.1) is 0 Å². The van der Waals surface area contributed by atoms with E-state index >= 15 is 0 Å². The Labute approximate surface area is 90.8 Å². The van der Waals surface area contributed by atoms with Gasteiger partial charge in [0, 0.05) is 12.3 Å². The predicted octanol–water partition coefficient (Wildman–Crippen LogP) is 0.264. The maximum atomic E-state index is 11.3. The number of carboxylic acid groups (broad SMARTS) is 1. The van der Waals surface area contributed by atoms with Gasteiger partial charge in [-0.3, -0.25) is 4.79 Å². The molecule has 0 aromatic carbocycles. The summed E-state index contributed by atoms with van der Waals surface area (Å²) in [5, 5.41) is 11.5. The molecule has 0 aromatic heterocycles. The monoisotopic (exact) mass is 237 g/mol. The molecule has 6 heteroatoms. The first kappa shape index (κ1) is 14.4. The van der Waals surface area contributed by atoms with E-state index in [1.54, 1.807) is 6.92 Å². The average molecular weight is 237 g/mol. The fraction of sp³-hybridized carbons (Fsp3) is 0.889. The Balaban J connectivity index is 4.05. The van der Waals surface area contributed by atoms with E-state index in [0.717, 1.165) is 0 Å². The summed E-state index contributed by atoms with van der Waals surface area (Å²) < 4.78 is 22.6. The molecule has 0 aliphatic rings. The molecule has 0 aromatic rings. The molecule has 0 unspecified atom stereocenters. The van der Waals surface area contributed by atoms with Gasteiger partial charge in [-0.25, -0.2) is 8.42 Å². The van der Waals surface area contributed by atoms with Crippen molar-refractivity contribution in [3.05, 3.63) is 0 Å². The van der Waals surface area contributed by atoms with Crippen molar-refractivity contribution in [2.75, 3.05) is 18.1 Å². The maximum Gasteiger partial charge on any atom is 0.323 e. The molecule has 0 saturated heterocycles. The molecular weight excluding hydrogens is 218 g/mol. The first-order chi connectivity index (χ1) is 6.71. The molecule has 15 heavy (non-hydrogen) atoms. The van der Waals surface area contributed by atoms with Crippen LogP contribution in [0.4, 0.5) is 0 Å². The summed E-state index contributed by atoms with van der Waals surface area (Å²) in [6, 6.07) is 0. The minimum Gasteiger partial charge on any atom is -0.480 e. The van der Waals surface area contributed by atoms with Crippen LogP contribution >= 0.6 is 0 Å². The van der Waals surface area contributed by atoms with Crippen molar-refractivity contribution in [2.45, 2.75) is 32.7 Å². The molecule has 0 fully saturated rings. The largest absolute Gasteiger partial charge is 0.480 e. The van der Waals surface area contributed by atoms with E-state index in [2.05, 4.69) is 5.32 Å². The summed E-state index contributed by atoms with van der Waals surface area (Å²) in [5.41, 5.74) is -1.08. The lowest BCUT2D eigenvalue weighted by Gasteiger charge is -2.20. The minimum atomic E-state index is -3.04. The van der Waals surface area contributed by atoms with Crippen LogP contribution in [0.25, 0.3) is 0 Å². The molecule has 0 saturated carbocycles. The van der Waals surface area contributed by atoms with Gasteiger partial charge >= 0.3 is 5.97 Å². The van der Waals surface area contributed by atoms with Gasteiger partial charge in [-0.05, 0) is 20.3 Å². The van der Waals surface area contributed by atoms with E-state index < -0.39 is 21.3 Å². The fourth-order valence-corrected chi connectivity index (χ4v) is 2.25. The highest BCUT2D eigenvalue weighted by Crippen LogP contribution is 2.01. The summed E-state index contributed by atoms with van der Waals surface area (Å²) >= 11 is 0. The fourth-order valence-electron chi connectivity index (χ4n) is 1.01. The van der Waals surface area contributed by atoms with Crippen LogP contribution in [0.15, 0.2) is 0 Å². The van der Waals surface area contributed by atoms with E-state index in [9.17, 15) is 13.2 Å². The zero-order chi connectivity index (χ0) is 12.1. The first-order valence-electron chi connectivity index (χ1n) is 4.90. The van der Waals surface area contributed by atoms with Crippen LogP contribution in [0.5, 0.6) is 0 Å². The zero-order valence-electron chi connectivity index (χ0n) is 9.41. The van der Waals surface area contributed by atoms with Gasteiger partial charge < -0.3 is 10.4 Å². The van der Waals surface area contributed by atoms with Crippen molar-refractivity contribution < 1.29 is 18.3 Å². The Morgan fingerprint density at radius 1 is 1.33 bits per heavy atom. The van der Waals surface area contributed by atoms with Gasteiger partial charge in [-0.1, -0.05) is 6.92 Å². The molecular formula is C9H19NO4S. The minimum absolute atomic E-state index is 0.0163. The SMILES string of the molecule is CCCS(=O)(=O)CCNC(C)(C)C(=O)O. The zero-order valence-corrected chi connectivity index (χ0v) is 10.2. The Morgan fingerprint density at radius 3 is 2.27 bits per heavy atom. The van der Waals surface area contributed by atoms with Crippen molar-refractivity contribution in [1.29, 1.82) is 0 Å². The lowest BCUT2D eigenvalue weighted by atomic mass is 10.1. The van der Waals surface area contributed by atoms with Crippen molar-refractivity contribution in [2.24, 2.45) is 0 Å². The standard InChI is InChI=1S/C9H19NO4S/c1-4-6-15(13,14)7-5-10-9(2,3)8(11)12/h10H,4-7H2,1-3H3,(H,11,12). The second-order valence-corrected chi connectivity index (χ2v) is 6.31. The summed E-state index contributed by atoms with van der Waals surface area (Å²) in [5.74, 6) is -0.852. The Hall–Kier alpha value is -0.620. The van der Waals surface area contributed by atoms with Gasteiger partial charge in [0.2, 0.25) is 0 Å². The summed E-state index contributed by atoms with van der Waals surface area (Å²) in [6.45, 7) is 4.97. The summed E-state index contributed by atoms with van der Waals surface area (Å²) in [7, 11) is -3.04. The molecule has 90 valence electrons. The van der Waals surface area contributed by atoms with Crippen LogP contribution < -0.4 is 5.32 Å². The molecule has 5 nitrogen and oxygen atoms in total. The average Bonchev–Trinajstić information content (AvgIpc) is 2.02. The van der Waals surface area contributed by atoms with Gasteiger partial charge in [0.1, 0.15) is 5.54 Å². The third kappa shape index (κ3) is 5.74. The van der Waals surface area contributed by atoms with Crippen LogP contribution in [0.3, 0.4) is 0 Å². The molecule has 0 spiro atoms. The van der Waals surface area contributed by atoms with E-state index in [-0.39, 0.29) is 18.1 Å². The number of sulfone groups is 1. The van der Waals surface area contributed by atoms with Gasteiger partial charge in [0.25, 0.3) is 0 Å². The molecule has 0 aliphatic carbocycles. The molecule has 0 radical (unpaired) electrons. The number of nitrogens with one attached hydrogen (secondary N) is 1. The molecule has 0 rings (SSSR count). The highest BCUT2D eigenvalue weighted by molar-refractivity contribution is 7.91. The molecule has 0 amide bonds. The lowest BCUT2D eigenvalue weighted by molar-refractivity contribution is -0.143. The predicted molar refractivity (Wildman–Crippen MR) is 58.7 cm³/mol. The maximum absolute atomic E-state index is 11.3. The number of hydrogen-bond acceptors (Lipinski definition) is 4. The quantitative estimate of drug-likeness (QED) is 0.664. The van der Waals surface area contributed by atoms with E-state index in [0.29, 0.717) is 6.42 Å². The highest BCUT2D eigenvalue weighted by Gasteiger charge is 2.26. The molecule has 0 heterocycles. The number of carboxylic acids is 1. The second-order valence-electron chi connectivity index (χ2n) is 4.01. The molecule has 0 bridgehead atoms. The topological polar surface area (TPSA) is 83.5 Å². The van der Waals surface area contributed by atoms with Gasteiger partial charge in [0.15, 0.2) is 9.84 Å². The third-order valence-electron chi connectivity index (χ3n) is 2.03. The molecule has 2 N–H and O–H groups in total. The Kier molecular flexibility index (Phi) is 5.23. The smallest absolute Gasteiger partial charge is 0.323 e. The summed E-state index contributed by atoms with van der Waals surface area (Å²) in [6.07, 6.45) is 0.588. The van der Waals surface area contributed by atoms with Crippen LogP contribution in [-0.2, 0) is 14.6 Å². The first-order valence-corrected chi connectivity index (χ1v) is 6.72. The number of hydrogen-bond donors (Lipinski definition) is 2. The van der Waals surface area contributed by atoms with E-state index in [4.69, 9.17) is 5.11 Å². The second kappa shape index (κ2) is 5.46. The Bertz CT molecular complexity index is 308. The van der Waals surface area contributed by atoms with Crippen molar-refractivity contribution in [3.8, 4) is 0 Å². The molecule has 0 atom stereocenters. The van der Waals surface area contributed by atoms with Crippen molar-refractivity contribution in [1.82, 2.24) is 5.32 Å². The van der Waals surface area contributed by atoms with E-state index in [1.807, 2.05) is 0 Å². The number of carbonyl (C=O) groups is 1. The normalized spacial score (nSPS) is 12.7. The lowest BCUT2D eigenvalue weighted by Crippen LogP contribution is -2.48. The van der Waals surface area contributed by atoms with Crippen LogP contribution in [0.1, 0.15) is 27.2 Å². The van der Waals surface area contributed by atoms with E-state index in [1.165, 1.54) is 13.8 Å².